The number of ether oxygens (including phenoxy) is 4. The van der Waals surface area contributed by atoms with Gasteiger partial charge in [-0.3, -0.25) is 9.69 Å². The first-order chi connectivity index (χ1) is 24.5. The van der Waals surface area contributed by atoms with Crippen LogP contribution in [0, 0.1) is 11.8 Å². The number of morpholine rings is 1. The topological polar surface area (TPSA) is 97.8 Å². The Kier molecular flexibility index (Phi) is 12.9. The number of nitrogens with zero attached hydrogens (tertiary/aromatic N) is 2. The molecule has 2 saturated heterocycles. The van der Waals surface area contributed by atoms with Crippen LogP contribution in [0.5, 0.6) is 5.75 Å². The summed E-state index contributed by atoms with van der Waals surface area (Å²) < 4.78 is 23.5. The summed E-state index contributed by atoms with van der Waals surface area (Å²) in [6.07, 6.45) is -0.0172. The van der Waals surface area contributed by atoms with E-state index in [1.54, 1.807) is 0 Å². The van der Waals surface area contributed by atoms with Gasteiger partial charge in [-0.05, 0) is 39.6 Å². The van der Waals surface area contributed by atoms with E-state index in [1.165, 1.54) is 4.90 Å². The van der Waals surface area contributed by atoms with Crippen LogP contribution in [0.2, 0.25) is 0 Å². The zero-order valence-corrected chi connectivity index (χ0v) is 28.7. The fourth-order valence-corrected chi connectivity index (χ4v) is 7.11. The summed E-state index contributed by atoms with van der Waals surface area (Å²) >= 11 is 0. The van der Waals surface area contributed by atoms with Crippen LogP contribution in [-0.4, -0.2) is 99.1 Å². The predicted octanol–water partition coefficient (Wildman–Crippen LogP) is 6.30. The van der Waals surface area contributed by atoms with E-state index >= 15 is 0 Å². The second kappa shape index (κ2) is 18.1. The number of amides is 1. The predicted molar refractivity (Wildman–Crippen MR) is 193 cm³/mol. The molecule has 4 aromatic rings. The number of fused-ring (bicyclic) bond motifs is 1. The molecule has 0 spiro atoms. The Morgan fingerprint density at radius 1 is 0.780 bits per heavy atom. The molecule has 0 saturated carbocycles. The number of rotatable bonds is 16. The van der Waals surface area contributed by atoms with Crippen molar-refractivity contribution in [1.29, 1.82) is 0 Å². The van der Waals surface area contributed by atoms with Crippen LogP contribution in [0.1, 0.15) is 29.0 Å². The first kappa shape index (κ1) is 35.5. The lowest BCUT2D eigenvalue weighted by Crippen LogP contribution is -2.51. The minimum absolute atomic E-state index is 0.0328. The van der Waals surface area contributed by atoms with Crippen molar-refractivity contribution in [3.05, 3.63) is 114 Å². The molecule has 9 nitrogen and oxygen atoms in total. The van der Waals surface area contributed by atoms with Crippen LogP contribution >= 0.6 is 0 Å². The first-order valence-electron chi connectivity index (χ1n) is 17.7. The lowest BCUT2D eigenvalue weighted by atomic mass is 9.71. The normalized spacial score (nSPS) is 19.8. The fourth-order valence-electron chi connectivity index (χ4n) is 7.11. The average Bonchev–Trinajstić information content (AvgIpc) is 3.15. The van der Waals surface area contributed by atoms with Gasteiger partial charge in [-0.1, -0.05) is 84.9 Å². The van der Waals surface area contributed by atoms with Gasteiger partial charge in [-0.2, -0.15) is 0 Å². The SMILES string of the molecule is O=C(Cc1ccc2ccccc2c1)C1CN(C(=O)O)CC(COCCN2CCOCC2)C1c1ccc(OCCCOCc2ccccc2)cc1. The minimum Gasteiger partial charge on any atom is -0.494 e. The maximum absolute atomic E-state index is 14.2. The van der Waals surface area contributed by atoms with Crippen molar-refractivity contribution in [2.24, 2.45) is 11.8 Å². The summed E-state index contributed by atoms with van der Waals surface area (Å²) in [6, 6.07) is 32.3. The number of carbonyl (C=O) groups excluding carboxylic acids is 1. The van der Waals surface area contributed by atoms with Gasteiger partial charge in [0.2, 0.25) is 0 Å². The molecule has 2 aliphatic heterocycles. The summed E-state index contributed by atoms with van der Waals surface area (Å²) in [4.78, 5) is 30.3. The van der Waals surface area contributed by atoms with Gasteiger partial charge in [-0.25, -0.2) is 4.79 Å². The smallest absolute Gasteiger partial charge is 0.407 e. The molecular formula is C41H48N2O7. The molecule has 0 radical (unpaired) electrons. The maximum atomic E-state index is 14.2. The first-order valence-corrected chi connectivity index (χ1v) is 17.7. The van der Waals surface area contributed by atoms with E-state index in [2.05, 4.69) is 17.0 Å². The molecule has 2 fully saturated rings. The molecule has 0 aliphatic carbocycles. The van der Waals surface area contributed by atoms with Crippen LogP contribution in [0.15, 0.2) is 97.1 Å². The molecule has 9 heteroatoms. The summed E-state index contributed by atoms with van der Waals surface area (Å²) in [5, 5.41) is 12.3. The molecule has 6 rings (SSSR count). The van der Waals surface area contributed by atoms with Crippen LogP contribution in [0.4, 0.5) is 4.79 Å². The Bertz CT molecular complexity index is 1660. The van der Waals surface area contributed by atoms with Crippen molar-refractivity contribution in [2.45, 2.75) is 25.4 Å². The van der Waals surface area contributed by atoms with Crippen LogP contribution in [0.25, 0.3) is 10.8 Å². The summed E-state index contributed by atoms with van der Waals surface area (Å²) in [5.74, 6) is -0.138. The van der Waals surface area contributed by atoms with Crippen molar-refractivity contribution in [1.82, 2.24) is 9.80 Å². The molecule has 50 heavy (non-hydrogen) atoms. The zero-order valence-electron chi connectivity index (χ0n) is 28.7. The second-order valence-electron chi connectivity index (χ2n) is 13.2. The number of Topliss-reactive ketones (excluding diaryl/α,β-unsaturated/α-hetero) is 1. The monoisotopic (exact) mass is 680 g/mol. The van der Waals surface area contributed by atoms with Crippen LogP contribution < -0.4 is 4.74 Å². The summed E-state index contributed by atoms with van der Waals surface area (Å²) in [5.41, 5.74) is 3.06. The lowest BCUT2D eigenvalue weighted by molar-refractivity contribution is -0.125. The molecule has 3 atom stereocenters. The number of ketones is 1. The highest BCUT2D eigenvalue weighted by molar-refractivity contribution is 5.88. The van der Waals surface area contributed by atoms with Crippen LogP contribution in [-0.2, 0) is 32.0 Å². The number of benzene rings is 4. The summed E-state index contributed by atoms with van der Waals surface area (Å²) in [6.45, 7) is 7.05. The van der Waals surface area contributed by atoms with Crippen molar-refractivity contribution in [3.8, 4) is 5.75 Å². The minimum atomic E-state index is -1.01. The highest BCUT2D eigenvalue weighted by Crippen LogP contribution is 2.39. The second-order valence-corrected chi connectivity index (χ2v) is 13.2. The number of hydrogen-bond donors (Lipinski definition) is 1. The van der Waals surface area contributed by atoms with Gasteiger partial charge in [-0.15, -0.1) is 0 Å². The van der Waals surface area contributed by atoms with E-state index in [0.717, 1.165) is 72.5 Å². The molecule has 1 amide bonds. The van der Waals surface area contributed by atoms with Gasteiger partial charge in [0.25, 0.3) is 0 Å². The molecular weight excluding hydrogens is 632 g/mol. The van der Waals surface area contributed by atoms with Gasteiger partial charge < -0.3 is 29.0 Å². The van der Waals surface area contributed by atoms with Gasteiger partial charge >= 0.3 is 6.09 Å². The molecule has 3 unspecified atom stereocenters. The van der Waals surface area contributed by atoms with Crippen molar-refractivity contribution in [2.75, 3.05) is 72.4 Å². The Balaban J connectivity index is 1.14. The molecule has 2 aliphatic rings. The Morgan fingerprint density at radius 2 is 1.54 bits per heavy atom. The molecule has 0 bridgehead atoms. The number of piperidine rings is 1. The van der Waals surface area contributed by atoms with E-state index in [-0.39, 0.29) is 30.6 Å². The number of hydrogen-bond acceptors (Lipinski definition) is 7. The largest absolute Gasteiger partial charge is 0.494 e. The van der Waals surface area contributed by atoms with Crippen molar-refractivity contribution >= 4 is 22.6 Å². The highest BCUT2D eigenvalue weighted by Gasteiger charge is 2.42. The van der Waals surface area contributed by atoms with Crippen molar-refractivity contribution in [3.63, 3.8) is 0 Å². The third kappa shape index (κ3) is 9.91. The van der Waals surface area contributed by atoms with Gasteiger partial charge in [0, 0.05) is 63.3 Å². The Labute approximate surface area is 294 Å². The van der Waals surface area contributed by atoms with E-state index in [4.69, 9.17) is 18.9 Å². The Hall–Kier alpha value is -4.28. The maximum Gasteiger partial charge on any atom is 0.407 e. The summed E-state index contributed by atoms with van der Waals surface area (Å²) in [7, 11) is 0. The third-order valence-corrected chi connectivity index (χ3v) is 9.76. The standard InChI is InChI=1S/C41H48N2O7/c44-39(26-32-11-12-33-9-4-5-10-35(33)25-32)38-28-43(41(45)46)27-36(30-49-24-19-42-17-22-47-23-18-42)40(38)34-13-15-37(16-14-34)50-21-6-20-48-29-31-7-2-1-3-8-31/h1-5,7-16,25,36,38,40H,6,17-24,26-30H2,(H,45,46). The van der Waals surface area contributed by atoms with Gasteiger partial charge in [0.05, 0.1) is 46.2 Å². The quantitative estimate of drug-likeness (QED) is 0.138. The number of carbonyl (C=O) groups is 2. The molecule has 2 heterocycles. The van der Waals surface area contributed by atoms with E-state index < -0.39 is 12.0 Å². The molecule has 4 aromatic carbocycles. The number of carboxylic acid groups (broad SMARTS) is 1. The fraction of sp³-hybridized carbons (Fsp3) is 0.415. The van der Waals surface area contributed by atoms with E-state index in [0.29, 0.717) is 39.6 Å². The lowest BCUT2D eigenvalue weighted by Gasteiger charge is -2.42. The third-order valence-electron chi connectivity index (χ3n) is 9.76. The molecule has 264 valence electrons. The highest BCUT2D eigenvalue weighted by atomic mass is 16.5. The van der Waals surface area contributed by atoms with Crippen molar-refractivity contribution < 1.29 is 33.6 Å². The van der Waals surface area contributed by atoms with Crippen LogP contribution in [0.3, 0.4) is 0 Å². The zero-order chi connectivity index (χ0) is 34.5. The molecule has 0 aromatic heterocycles. The van der Waals surface area contributed by atoms with E-state index in [9.17, 15) is 14.7 Å². The van der Waals surface area contributed by atoms with Gasteiger partial charge in [0.15, 0.2) is 0 Å². The molecule has 1 N–H and O–H groups in total. The Morgan fingerprint density at radius 3 is 2.32 bits per heavy atom. The van der Waals surface area contributed by atoms with Gasteiger partial charge in [0.1, 0.15) is 11.5 Å². The van der Waals surface area contributed by atoms with E-state index in [1.807, 2.05) is 84.9 Å². The average molecular weight is 681 g/mol. The number of likely N-dealkylation sites (tertiary alicyclic amines) is 1.